The first kappa shape index (κ1) is 17.4. The van der Waals surface area contributed by atoms with Gasteiger partial charge in [0.15, 0.2) is 8.32 Å². The molecule has 2 atom stereocenters. The second-order valence-electron chi connectivity index (χ2n) is 6.47. The highest BCUT2D eigenvalue weighted by Crippen LogP contribution is 2.38. The van der Waals surface area contributed by atoms with Gasteiger partial charge in [-0.05, 0) is 25.1 Å². The maximum Gasteiger partial charge on any atom is 0.423 e. The van der Waals surface area contributed by atoms with Crippen LogP contribution in [0.15, 0.2) is 0 Å². The summed E-state index contributed by atoms with van der Waals surface area (Å²) in [7, 11) is -6.32. The molecule has 1 amide bonds. The molecule has 0 saturated carbocycles. The lowest BCUT2D eigenvalue weighted by Crippen LogP contribution is -2.51. The fraction of sp³-hybridized carbons (Fsp3) is 0.909. The fourth-order valence-corrected chi connectivity index (χ4v) is 4.35. The minimum Gasteiger partial charge on any atom is -0.464 e. The van der Waals surface area contributed by atoms with Gasteiger partial charge in [-0.1, -0.05) is 20.8 Å². The van der Waals surface area contributed by atoms with Crippen molar-refractivity contribution in [3.05, 3.63) is 0 Å². The molecule has 0 aliphatic carbocycles. The van der Waals surface area contributed by atoms with Crippen molar-refractivity contribution in [1.29, 1.82) is 0 Å². The quantitative estimate of drug-likeness (QED) is 0.798. The van der Waals surface area contributed by atoms with E-state index >= 15 is 0 Å². The molecule has 1 aliphatic rings. The van der Waals surface area contributed by atoms with E-state index in [1.165, 1.54) is 0 Å². The summed E-state index contributed by atoms with van der Waals surface area (Å²) in [6.45, 7) is 11.7. The summed E-state index contributed by atoms with van der Waals surface area (Å²) in [5, 5.41) is 9.00. The Morgan fingerprint density at radius 2 is 1.95 bits per heavy atom. The second kappa shape index (κ2) is 5.28. The Morgan fingerprint density at radius 1 is 1.45 bits per heavy atom. The average Bonchev–Trinajstić information content (AvgIpc) is 2.51. The van der Waals surface area contributed by atoms with Crippen LogP contribution in [0.2, 0.25) is 18.1 Å². The third-order valence-electron chi connectivity index (χ3n) is 3.95. The number of carbonyl (C=O) groups is 1. The van der Waals surface area contributed by atoms with Crippen LogP contribution in [0, 0.1) is 0 Å². The van der Waals surface area contributed by atoms with E-state index in [0.29, 0.717) is 4.31 Å². The van der Waals surface area contributed by atoms with Crippen molar-refractivity contribution in [3.8, 4) is 0 Å². The summed E-state index contributed by atoms with van der Waals surface area (Å²) < 4.78 is 34.1. The first-order valence-corrected chi connectivity index (χ1v) is 10.7. The number of hydrogen-bond donors (Lipinski definition) is 1. The predicted molar refractivity (Wildman–Crippen MR) is 76.3 cm³/mol. The number of amides is 1. The molecule has 0 bridgehead atoms. The normalized spacial score (nSPS) is 24.7. The van der Waals surface area contributed by atoms with Crippen molar-refractivity contribution in [3.63, 3.8) is 0 Å². The zero-order chi connectivity index (χ0) is 15.9. The van der Waals surface area contributed by atoms with Gasteiger partial charge in [-0.2, -0.15) is 12.7 Å². The minimum atomic E-state index is -4.20. The van der Waals surface area contributed by atoms with Gasteiger partial charge in [0, 0.05) is 0 Å². The Balaban J connectivity index is 2.94. The van der Waals surface area contributed by atoms with Crippen LogP contribution in [-0.4, -0.2) is 51.0 Å². The SMILES string of the molecule is C[C@H](O[Si](C)(C)C(C)(C)C)C1COS(=O)(=O)N1C(=O)O. The smallest absolute Gasteiger partial charge is 0.423 e. The van der Waals surface area contributed by atoms with Crippen molar-refractivity contribution in [2.75, 3.05) is 6.61 Å². The Labute approximate surface area is 121 Å². The van der Waals surface area contributed by atoms with E-state index in [9.17, 15) is 13.2 Å². The minimum absolute atomic E-state index is 0.0480. The van der Waals surface area contributed by atoms with E-state index in [1.54, 1.807) is 6.92 Å². The third-order valence-corrected chi connectivity index (χ3v) is 9.86. The fourth-order valence-electron chi connectivity index (χ4n) is 1.73. The maximum absolute atomic E-state index is 11.6. The molecular formula is C11H23NO6SSi. The lowest BCUT2D eigenvalue weighted by molar-refractivity contribution is 0.102. The third kappa shape index (κ3) is 3.33. The van der Waals surface area contributed by atoms with Crippen LogP contribution in [-0.2, 0) is 18.9 Å². The van der Waals surface area contributed by atoms with E-state index in [0.717, 1.165) is 0 Å². The van der Waals surface area contributed by atoms with Crippen LogP contribution in [0.5, 0.6) is 0 Å². The molecule has 0 aromatic carbocycles. The van der Waals surface area contributed by atoms with Crippen molar-refractivity contribution in [2.24, 2.45) is 0 Å². The molecule has 1 aliphatic heterocycles. The van der Waals surface area contributed by atoms with Gasteiger partial charge in [0.1, 0.15) is 6.04 Å². The van der Waals surface area contributed by atoms with Crippen molar-refractivity contribution >= 4 is 24.7 Å². The predicted octanol–water partition coefficient (Wildman–Crippen LogP) is 2.02. The van der Waals surface area contributed by atoms with Crippen LogP contribution < -0.4 is 0 Å². The molecule has 0 aromatic heterocycles. The molecule has 1 heterocycles. The molecule has 1 rings (SSSR count). The lowest BCUT2D eigenvalue weighted by Gasteiger charge is -2.40. The van der Waals surface area contributed by atoms with Gasteiger partial charge >= 0.3 is 16.4 Å². The molecule has 0 aromatic rings. The maximum atomic E-state index is 11.6. The Kier molecular flexibility index (Phi) is 4.60. The van der Waals surface area contributed by atoms with Crippen molar-refractivity contribution in [1.82, 2.24) is 4.31 Å². The van der Waals surface area contributed by atoms with Crippen LogP contribution in [0.25, 0.3) is 0 Å². The van der Waals surface area contributed by atoms with E-state index < -0.39 is 36.9 Å². The largest absolute Gasteiger partial charge is 0.464 e. The van der Waals surface area contributed by atoms with Crippen molar-refractivity contribution in [2.45, 2.75) is 58.0 Å². The second-order valence-corrected chi connectivity index (χ2v) is 12.7. The highest BCUT2D eigenvalue weighted by atomic mass is 32.2. The average molecular weight is 325 g/mol. The van der Waals surface area contributed by atoms with Gasteiger partial charge in [0.05, 0.1) is 12.7 Å². The zero-order valence-electron chi connectivity index (χ0n) is 12.7. The van der Waals surface area contributed by atoms with Gasteiger partial charge in [0.2, 0.25) is 0 Å². The van der Waals surface area contributed by atoms with Crippen LogP contribution in [0.1, 0.15) is 27.7 Å². The molecule has 20 heavy (non-hydrogen) atoms. The van der Waals surface area contributed by atoms with Gasteiger partial charge in [0.25, 0.3) is 0 Å². The Morgan fingerprint density at radius 3 is 2.35 bits per heavy atom. The lowest BCUT2D eigenvalue weighted by atomic mass is 10.2. The highest BCUT2D eigenvalue weighted by Gasteiger charge is 2.48. The standard InChI is InChI=1S/C11H23NO6SSi/c1-8(18-20(5,6)11(2,3)4)9-7-17-19(15,16)12(9)10(13)14/h8-9H,7H2,1-6H3,(H,13,14)/t8-,9?/m0/s1. The summed E-state index contributed by atoms with van der Waals surface area (Å²) in [5.41, 5.74) is 0. The molecule has 9 heteroatoms. The number of rotatable bonds is 3. The van der Waals surface area contributed by atoms with Gasteiger partial charge in [-0.25, -0.2) is 4.79 Å². The molecule has 1 saturated heterocycles. The number of nitrogens with zero attached hydrogens (tertiary/aromatic N) is 1. The van der Waals surface area contributed by atoms with E-state index in [-0.39, 0.29) is 11.6 Å². The first-order chi connectivity index (χ1) is 8.79. The Hall–Kier alpha value is -0.643. The van der Waals surface area contributed by atoms with Crippen molar-refractivity contribution < 1.29 is 26.9 Å². The molecular weight excluding hydrogens is 302 g/mol. The van der Waals surface area contributed by atoms with Gasteiger partial charge in [-0.3, -0.25) is 4.18 Å². The van der Waals surface area contributed by atoms with Crippen LogP contribution >= 0.6 is 0 Å². The number of carboxylic acid groups (broad SMARTS) is 1. The summed E-state index contributed by atoms with van der Waals surface area (Å²) in [5.74, 6) is 0. The van der Waals surface area contributed by atoms with Gasteiger partial charge < -0.3 is 9.53 Å². The van der Waals surface area contributed by atoms with E-state index in [4.69, 9.17) is 9.53 Å². The molecule has 1 N–H and O–H groups in total. The zero-order valence-corrected chi connectivity index (χ0v) is 14.5. The topological polar surface area (TPSA) is 93.1 Å². The highest BCUT2D eigenvalue weighted by molar-refractivity contribution is 7.85. The summed E-state index contributed by atoms with van der Waals surface area (Å²) in [4.78, 5) is 11.1. The van der Waals surface area contributed by atoms with Crippen LogP contribution in [0.4, 0.5) is 4.79 Å². The molecule has 1 unspecified atom stereocenters. The summed E-state index contributed by atoms with van der Waals surface area (Å²) >= 11 is 0. The van der Waals surface area contributed by atoms with Crippen LogP contribution in [0.3, 0.4) is 0 Å². The van der Waals surface area contributed by atoms with Gasteiger partial charge in [-0.15, -0.1) is 0 Å². The Bertz CT molecular complexity index is 484. The molecule has 118 valence electrons. The molecule has 0 radical (unpaired) electrons. The molecule has 0 spiro atoms. The molecule has 1 fully saturated rings. The molecule has 7 nitrogen and oxygen atoms in total. The first-order valence-electron chi connectivity index (χ1n) is 6.39. The summed E-state index contributed by atoms with van der Waals surface area (Å²) in [6, 6.07) is -0.841. The van der Waals surface area contributed by atoms with E-state index in [1.807, 2.05) is 13.1 Å². The number of hydrogen-bond acceptors (Lipinski definition) is 5. The monoisotopic (exact) mass is 325 g/mol. The van der Waals surface area contributed by atoms with E-state index in [2.05, 4.69) is 25.0 Å². The summed E-state index contributed by atoms with van der Waals surface area (Å²) in [6.07, 6.45) is -2.09.